The Hall–Kier alpha value is -2.55. The lowest BCUT2D eigenvalue weighted by atomic mass is 10.2. The molecule has 0 aliphatic carbocycles. The molecule has 162 valence electrons. The summed E-state index contributed by atoms with van der Waals surface area (Å²) in [5, 5.41) is -0.286. The highest BCUT2D eigenvalue weighted by atomic mass is 35.5. The van der Waals surface area contributed by atoms with Gasteiger partial charge in [-0.1, -0.05) is 41.4 Å². The molecule has 0 N–H and O–H groups in total. The van der Waals surface area contributed by atoms with E-state index < -0.39 is 29.0 Å². The number of benzene rings is 2. The van der Waals surface area contributed by atoms with Crippen molar-refractivity contribution in [1.82, 2.24) is 4.90 Å². The van der Waals surface area contributed by atoms with Gasteiger partial charge in [-0.25, -0.2) is 9.18 Å². The van der Waals surface area contributed by atoms with E-state index in [0.717, 1.165) is 4.90 Å². The Bertz CT molecular complexity index is 1070. The Morgan fingerprint density at radius 2 is 1.87 bits per heavy atom. The molecule has 0 spiro atoms. The largest absolute Gasteiger partial charge is 0.486 e. The smallest absolute Gasteiger partial charge is 0.328 e. The van der Waals surface area contributed by atoms with Crippen LogP contribution in [-0.2, 0) is 20.9 Å². The zero-order valence-corrected chi connectivity index (χ0v) is 18.7. The van der Waals surface area contributed by atoms with E-state index >= 15 is 0 Å². The number of esters is 1. The molecule has 0 radical (unpaired) electrons. The molecule has 31 heavy (non-hydrogen) atoms. The number of methoxy groups -OCH3 is 1. The van der Waals surface area contributed by atoms with E-state index in [4.69, 9.17) is 27.9 Å². The van der Waals surface area contributed by atoms with Crippen molar-refractivity contribution in [1.29, 1.82) is 0 Å². The fraction of sp³-hybridized carbons (Fsp3) is 0.190. The summed E-state index contributed by atoms with van der Waals surface area (Å²) in [5.74, 6) is -1.58. The number of hydrogen-bond donors (Lipinski definition) is 0. The quantitative estimate of drug-likeness (QED) is 0.409. The summed E-state index contributed by atoms with van der Waals surface area (Å²) < 4.78 is 23.9. The second-order valence-corrected chi connectivity index (χ2v) is 8.25. The van der Waals surface area contributed by atoms with Crippen molar-refractivity contribution in [3.8, 4) is 5.75 Å². The van der Waals surface area contributed by atoms with Crippen molar-refractivity contribution >= 4 is 58.2 Å². The highest BCUT2D eigenvalue weighted by Crippen LogP contribution is 2.38. The number of amides is 2. The van der Waals surface area contributed by atoms with Crippen molar-refractivity contribution in [2.75, 3.05) is 7.11 Å². The van der Waals surface area contributed by atoms with Gasteiger partial charge in [0.15, 0.2) is 5.75 Å². The molecule has 2 aromatic carbocycles. The van der Waals surface area contributed by atoms with Gasteiger partial charge in [0.1, 0.15) is 18.5 Å². The van der Waals surface area contributed by atoms with Crippen LogP contribution in [0.5, 0.6) is 5.75 Å². The van der Waals surface area contributed by atoms with Gasteiger partial charge in [-0.05, 0) is 48.5 Å². The van der Waals surface area contributed by atoms with Gasteiger partial charge in [0, 0.05) is 5.56 Å². The predicted octanol–water partition coefficient (Wildman–Crippen LogP) is 5.31. The maximum atomic E-state index is 13.8. The lowest BCUT2D eigenvalue weighted by Gasteiger charge is -2.18. The molecule has 0 unspecified atom stereocenters. The van der Waals surface area contributed by atoms with Crippen molar-refractivity contribution in [2.24, 2.45) is 0 Å². The van der Waals surface area contributed by atoms with Crippen molar-refractivity contribution in [3.63, 3.8) is 0 Å². The SMILES string of the molecule is COC(=O)[C@@H](C)N1C(=O)S/C(=C/c2cc(Cl)c(OCc3ccccc3F)c(Cl)c2)C1=O. The number of thioether (sulfide) groups is 1. The van der Waals surface area contributed by atoms with Crippen LogP contribution in [0.1, 0.15) is 18.1 Å². The highest BCUT2D eigenvalue weighted by molar-refractivity contribution is 8.18. The van der Waals surface area contributed by atoms with Crippen LogP contribution >= 0.6 is 35.0 Å². The zero-order valence-electron chi connectivity index (χ0n) is 16.4. The van der Waals surface area contributed by atoms with Crippen LogP contribution in [0.4, 0.5) is 9.18 Å². The van der Waals surface area contributed by atoms with Crippen LogP contribution in [0.25, 0.3) is 6.08 Å². The molecule has 0 saturated carbocycles. The molecule has 1 atom stereocenters. The van der Waals surface area contributed by atoms with Crippen LogP contribution in [0.15, 0.2) is 41.3 Å². The average Bonchev–Trinajstić information content (AvgIpc) is 3.00. The topological polar surface area (TPSA) is 72.9 Å². The third-order valence-electron chi connectivity index (χ3n) is 4.40. The van der Waals surface area contributed by atoms with Crippen LogP contribution in [0, 0.1) is 5.82 Å². The summed E-state index contributed by atoms with van der Waals surface area (Å²) >= 11 is 13.2. The summed E-state index contributed by atoms with van der Waals surface area (Å²) in [7, 11) is 1.17. The fourth-order valence-corrected chi connectivity index (χ4v) is 4.33. The Kier molecular flexibility index (Phi) is 7.25. The monoisotopic (exact) mass is 483 g/mol. The molecule has 1 aliphatic heterocycles. The van der Waals surface area contributed by atoms with E-state index in [1.54, 1.807) is 18.2 Å². The minimum atomic E-state index is -1.05. The van der Waals surface area contributed by atoms with Gasteiger partial charge in [-0.15, -0.1) is 0 Å². The van der Waals surface area contributed by atoms with Crippen LogP contribution in [-0.4, -0.2) is 35.2 Å². The first kappa shape index (κ1) is 23.1. The summed E-state index contributed by atoms with van der Waals surface area (Å²) in [5.41, 5.74) is 0.788. The standard InChI is InChI=1S/C21H16Cl2FNO5S/c1-11(20(27)29-2)25-19(26)17(31-21(25)28)9-12-7-14(22)18(15(23)8-12)30-10-13-5-3-4-6-16(13)24/h3-9,11H,10H2,1-2H3/b17-9+/t11-/m1/s1. The number of ether oxygens (including phenoxy) is 2. The van der Waals surface area contributed by atoms with Gasteiger partial charge >= 0.3 is 5.97 Å². The van der Waals surface area contributed by atoms with E-state index in [1.807, 2.05) is 0 Å². The summed E-state index contributed by atoms with van der Waals surface area (Å²) in [6, 6.07) is 8.10. The molecule has 0 aromatic heterocycles. The zero-order chi connectivity index (χ0) is 22.7. The first-order valence-corrected chi connectivity index (χ1v) is 10.5. The molecular formula is C21H16Cl2FNO5S. The van der Waals surface area contributed by atoms with Gasteiger partial charge < -0.3 is 9.47 Å². The first-order valence-electron chi connectivity index (χ1n) is 8.93. The number of halogens is 3. The number of hydrogen-bond acceptors (Lipinski definition) is 6. The molecule has 1 aliphatic rings. The molecule has 0 bridgehead atoms. The molecular weight excluding hydrogens is 468 g/mol. The van der Waals surface area contributed by atoms with E-state index in [0.29, 0.717) is 22.9 Å². The minimum Gasteiger partial charge on any atom is -0.486 e. The summed E-state index contributed by atoms with van der Waals surface area (Å²) in [6.45, 7) is 1.33. The van der Waals surface area contributed by atoms with E-state index in [9.17, 15) is 18.8 Å². The molecule has 1 heterocycles. The first-order chi connectivity index (χ1) is 14.7. The summed E-state index contributed by atoms with van der Waals surface area (Å²) in [4.78, 5) is 37.4. The van der Waals surface area contributed by atoms with Crippen molar-refractivity contribution < 1.29 is 28.2 Å². The predicted molar refractivity (Wildman–Crippen MR) is 116 cm³/mol. The van der Waals surface area contributed by atoms with Gasteiger partial charge in [0.2, 0.25) is 0 Å². The lowest BCUT2D eigenvalue weighted by molar-refractivity contribution is -0.148. The maximum Gasteiger partial charge on any atom is 0.328 e. The molecule has 1 saturated heterocycles. The molecule has 1 fully saturated rings. The second kappa shape index (κ2) is 9.72. The van der Waals surface area contributed by atoms with Crippen molar-refractivity contribution in [3.05, 3.63) is 68.3 Å². The normalized spacial score (nSPS) is 16.0. The second-order valence-electron chi connectivity index (χ2n) is 6.44. The highest BCUT2D eigenvalue weighted by Gasteiger charge is 2.41. The Balaban J connectivity index is 1.80. The minimum absolute atomic E-state index is 0.0736. The third kappa shape index (κ3) is 5.03. The number of imide groups is 1. The Morgan fingerprint density at radius 1 is 1.23 bits per heavy atom. The van der Waals surface area contributed by atoms with Gasteiger partial charge in [0.05, 0.1) is 22.1 Å². The molecule has 3 rings (SSSR count). The maximum absolute atomic E-state index is 13.8. The van der Waals surface area contributed by atoms with E-state index in [1.165, 1.54) is 38.3 Å². The third-order valence-corrected chi connectivity index (χ3v) is 5.85. The fourth-order valence-electron chi connectivity index (χ4n) is 2.81. The Morgan fingerprint density at radius 3 is 2.48 bits per heavy atom. The molecule has 2 amide bonds. The van der Waals surface area contributed by atoms with Gasteiger partial charge in [-0.2, -0.15) is 0 Å². The number of rotatable bonds is 6. The molecule has 2 aromatic rings. The molecule has 10 heteroatoms. The van der Waals surface area contributed by atoms with E-state index in [2.05, 4.69) is 4.74 Å². The van der Waals surface area contributed by atoms with Crippen LogP contribution in [0.2, 0.25) is 10.0 Å². The molecule has 6 nitrogen and oxygen atoms in total. The van der Waals surface area contributed by atoms with Crippen molar-refractivity contribution in [2.45, 2.75) is 19.6 Å². The Labute approximate surface area is 191 Å². The lowest BCUT2D eigenvalue weighted by Crippen LogP contribution is -2.42. The number of carbonyl (C=O) groups excluding carboxylic acids is 3. The summed E-state index contributed by atoms with van der Waals surface area (Å²) in [6.07, 6.45) is 1.44. The number of nitrogens with zero attached hydrogens (tertiary/aromatic N) is 1. The van der Waals surface area contributed by atoms with Gasteiger partial charge in [-0.3, -0.25) is 14.5 Å². The van der Waals surface area contributed by atoms with E-state index in [-0.39, 0.29) is 27.3 Å². The number of carbonyl (C=O) groups is 3. The average molecular weight is 484 g/mol. The van der Waals surface area contributed by atoms with Crippen LogP contribution < -0.4 is 4.74 Å². The van der Waals surface area contributed by atoms with Gasteiger partial charge in [0.25, 0.3) is 11.1 Å². The van der Waals surface area contributed by atoms with Crippen LogP contribution in [0.3, 0.4) is 0 Å².